The van der Waals surface area contributed by atoms with Gasteiger partial charge in [-0.05, 0) is 55.5 Å². The molecule has 0 unspecified atom stereocenters. The number of rotatable bonds is 7. The lowest BCUT2D eigenvalue weighted by molar-refractivity contribution is 0.0443. The second-order valence-electron chi connectivity index (χ2n) is 8.63. The van der Waals surface area contributed by atoms with Gasteiger partial charge in [-0.3, -0.25) is 9.80 Å². The minimum Gasteiger partial charge on any atom is -0.493 e. The van der Waals surface area contributed by atoms with E-state index in [1.54, 1.807) is 7.11 Å². The Balaban J connectivity index is 1.58. The number of ether oxygens (including phenoxy) is 2. The highest BCUT2D eigenvalue weighted by atomic mass is 16.5. The van der Waals surface area contributed by atoms with E-state index >= 15 is 0 Å². The Bertz CT molecular complexity index is 842. The van der Waals surface area contributed by atoms with Crippen LogP contribution in [0.15, 0.2) is 42.5 Å². The lowest BCUT2D eigenvalue weighted by atomic mass is 9.98. The third kappa shape index (κ3) is 4.64. The standard InChI is InChI=1S/C25H34N2O3/c1-4-30-25-12-20(18(2)10-24(25)29-3)14-26-16-22-13-23(28)17-27(22)15-21(26)11-19-8-6-5-7-9-19/h5-10,12,21-23,28H,4,11,13-17H2,1-3H3/t21-,22-,23+/m0/s1. The summed E-state index contributed by atoms with van der Waals surface area (Å²) in [5.41, 5.74) is 3.87. The number of hydrogen-bond acceptors (Lipinski definition) is 5. The molecule has 2 aliphatic rings. The number of benzene rings is 2. The molecule has 0 radical (unpaired) electrons. The van der Waals surface area contributed by atoms with Crippen LogP contribution in [0.1, 0.15) is 30.0 Å². The third-order valence-corrected chi connectivity index (χ3v) is 6.52. The van der Waals surface area contributed by atoms with Gasteiger partial charge in [0.05, 0.1) is 19.8 Å². The first kappa shape index (κ1) is 21.2. The normalized spacial score (nSPS) is 24.6. The van der Waals surface area contributed by atoms with E-state index in [1.165, 1.54) is 16.7 Å². The maximum absolute atomic E-state index is 10.2. The van der Waals surface area contributed by atoms with Gasteiger partial charge < -0.3 is 14.6 Å². The number of methoxy groups -OCH3 is 1. The van der Waals surface area contributed by atoms with E-state index in [4.69, 9.17) is 9.47 Å². The second kappa shape index (κ2) is 9.38. The summed E-state index contributed by atoms with van der Waals surface area (Å²) in [6, 6.07) is 15.8. The molecule has 30 heavy (non-hydrogen) atoms. The van der Waals surface area contributed by atoms with Gasteiger partial charge in [-0.2, -0.15) is 0 Å². The van der Waals surface area contributed by atoms with Crippen LogP contribution in [0, 0.1) is 6.92 Å². The fourth-order valence-corrected chi connectivity index (χ4v) is 4.97. The molecule has 2 saturated heterocycles. The van der Waals surface area contributed by atoms with Crippen molar-refractivity contribution in [3.63, 3.8) is 0 Å². The molecule has 4 rings (SSSR count). The van der Waals surface area contributed by atoms with Gasteiger partial charge in [0.15, 0.2) is 11.5 Å². The minimum atomic E-state index is -0.195. The van der Waals surface area contributed by atoms with E-state index in [0.717, 1.165) is 50.5 Å². The number of aryl methyl sites for hydroxylation is 1. The maximum Gasteiger partial charge on any atom is 0.161 e. The summed E-state index contributed by atoms with van der Waals surface area (Å²) in [7, 11) is 1.69. The molecule has 2 aromatic carbocycles. The molecular weight excluding hydrogens is 376 g/mol. The average molecular weight is 411 g/mol. The van der Waals surface area contributed by atoms with E-state index < -0.39 is 0 Å². The molecule has 1 N–H and O–H groups in total. The average Bonchev–Trinajstić information content (AvgIpc) is 3.10. The van der Waals surface area contributed by atoms with Crippen LogP contribution in [0.5, 0.6) is 11.5 Å². The van der Waals surface area contributed by atoms with E-state index in [1.807, 2.05) is 6.92 Å². The summed E-state index contributed by atoms with van der Waals surface area (Å²) in [6.07, 6.45) is 1.70. The molecule has 0 bridgehead atoms. The van der Waals surface area contributed by atoms with Crippen LogP contribution >= 0.6 is 0 Å². The summed E-state index contributed by atoms with van der Waals surface area (Å²) < 4.78 is 11.4. The predicted octanol–water partition coefficient (Wildman–Crippen LogP) is 3.26. The van der Waals surface area contributed by atoms with Gasteiger partial charge in [-0.25, -0.2) is 0 Å². The van der Waals surface area contributed by atoms with Crippen molar-refractivity contribution in [3.05, 3.63) is 59.2 Å². The highest BCUT2D eigenvalue weighted by Crippen LogP contribution is 2.33. The molecule has 162 valence electrons. The van der Waals surface area contributed by atoms with Gasteiger partial charge in [-0.1, -0.05) is 30.3 Å². The van der Waals surface area contributed by atoms with Crippen LogP contribution in [0.3, 0.4) is 0 Å². The van der Waals surface area contributed by atoms with Crippen molar-refractivity contribution in [2.75, 3.05) is 33.4 Å². The Morgan fingerprint density at radius 2 is 1.87 bits per heavy atom. The van der Waals surface area contributed by atoms with Gasteiger partial charge >= 0.3 is 0 Å². The van der Waals surface area contributed by atoms with Gasteiger partial charge in [0.25, 0.3) is 0 Å². The maximum atomic E-state index is 10.2. The Hall–Kier alpha value is -2.08. The van der Waals surface area contributed by atoms with Crippen molar-refractivity contribution in [2.24, 2.45) is 0 Å². The van der Waals surface area contributed by atoms with Gasteiger partial charge in [-0.15, -0.1) is 0 Å². The Labute approximate surface area is 180 Å². The SMILES string of the molecule is CCOc1cc(CN2C[C@@H]3C[C@@H](O)CN3C[C@@H]2Cc2ccccc2)c(C)cc1OC. The van der Waals surface area contributed by atoms with E-state index in [0.29, 0.717) is 18.7 Å². The first-order chi connectivity index (χ1) is 14.6. The second-order valence-corrected chi connectivity index (χ2v) is 8.63. The van der Waals surface area contributed by atoms with Crippen molar-refractivity contribution >= 4 is 0 Å². The number of fused-ring (bicyclic) bond motifs is 1. The van der Waals surface area contributed by atoms with Crippen molar-refractivity contribution in [2.45, 2.75) is 51.4 Å². The zero-order chi connectivity index (χ0) is 21.1. The summed E-state index contributed by atoms with van der Waals surface area (Å²) in [6.45, 7) is 8.45. The molecule has 2 aliphatic heterocycles. The lowest BCUT2D eigenvalue weighted by Crippen LogP contribution is -2.56. The summed E-state index contributed by atoms with van der Waals surface area (Å²) in [4.78, 5) is 5.10. The zero-order valence-corrected chi connectivity index (χ0v) is 18.4. The lowest BCUT2D eigenvalue weighted by Gasteiger charge is -2.44. The Kier molecular flexibility index (Phi) is 6.61. The van der Waals surface area contributed by atoms with Crippen LogP contribution in [0.25, 0.3) is 0 Å². The number of aliphatic hydroxyl groups is 1. The molecule has 5 nitrogen and oxygen atoms in total. The van der Waals surface area contributed by atoms with Gasteiger partial charge in [0.2, 0.25) is 0 Å². The van der Waals surface area contributed by atoms with Gasteiger partial charge in [0.1, 0.15) is 0 Å². The molecule has 3 atom stereocenters. The minimum absolute atomic E-state index is 0.195. The molecule has 2 heterocycles. The van der Waals surface area contributed by atoms with E-state index in [-0.39, 0.29) is 6.10 Å². The quantitative estimate of drug-likeness (QED) is 0.759. The summed E-state index contributed by atoms with van der Waals surface area (Å²) >= 11 is 0. The highest BCUT2D eigenvalue weighted by Gasteiger charge is 2.39. The fraction of sp³-hybridized carbons (Fsp3) is 0.520. The molecule has 0 saturated carbocycles. The topological polar surface area (TPSA) is 45.2 Å². The van der Waals surface area contributed by atoms with Crippen molar-refractivity contribution in [3.8, 4) is 11.5 Å². The first-order valence-electron chi connectivity index (χ1n) is 11.1. The monoisotopic (exact) mass is 410 g/mol. The van der Waals surface area contributed by atoms with Crippen LogP contribution < -0.4 is 9.47 Å². The van der Waals surface area contributed by atoms with Crippen LogP contribution in [-0.2, 0) is 13.0 Å². The third-order valence-electron chi connectivity index (χ3n) is 6.52. The van der Waals surface area contributed by atoms with Crippen molar-refractivity contribution in [1.29, 1.82) is 0 Å². The number of hydrogen-bond donors (Lipinski definition) is 1. The Morgan fingerprint density at radius 3 is 2.60 bits per heavy atom. The van der Waals surface area contributed by atoms with Gasteiger partial charge in [0, 0.05) is 38.3 Å². The highest BCUT2D eigenvalue weighted by molar-refractivity contribution is 5.47. The van der Waals surface area contributed by atoms with Crippen LogP contribution in [0.2, 0.25) is 0 Å². The Morgan fingerprint density at radius 1 is 1.07 bits per heavy atom. The molecule has 0 aromatic heterocycles. The molecule has 0 amide bonds. The number of piperazine rings is 1. The molecule has 0 spiro atoms. The molecule has 2 aromatic rings. The van der Waals surface area contributed by atoms with E-state index in [2.05, 4.69) is 59.2 Å². The largest absolute Gasteiger partial charge is 0.493 e. The number of aliphatic hydroxyl groups excluding tert-OH is 1. The molecule has 5 heteroatoms. The van der Waals surface area contributed by atoms with Crippen LogP contribution in [0.4, 0.5) is 0 Å². The van der Waals surface area contributed by atoms with Crippen molar-refractivity contribution in [1.82, 2.24) is 9.80 Å². The summed E-state index contributed by atoms with van der Waals surface area (Å²) in [5, 5.41) is 10.2. The number of nitrogens with zero attached hydrogens (tertiary/aromatic N) is 2. The fourth-order valence-electron chi connectivity index (χ4n) is 4.97. The predicted molar refractivity (Wildman–Crippen MR) is 119 cm³/mol. The van der Waals surface area contributed by atoms with E-state index in [9.17, 15) is 5.11 Å². The molecular formula is C25H34N2O3. The van der Waals surface area contributed by atoms with Crippen molar-refractivity contribution < 1.29 is 14.6 Å². The first-order valence-corrected chi connectivity index (χ1v) is 11.1. The molecule has 2 fully saturated rings. The smallest absolute Gasteiger partial charge is 0.161 e. The summed E-state index contributed by atoms with van der Waals surface area (Å²) in [5.74, 6) is 1.61. The van der Waals surface area contributed by atoms with Crippen LogP contribution in [-0.4, -0.2) is 66.4 Å². The molecule has 0 aliphatic carbocycles. The zero-order valence-electron chi connectivity index (χ0n) is 18.4.